The fourth-order valence-electron chi connectivity index (χ4n) is 4.55. The number of aliphatic hydroxyl groups excluding tert-OH is 1. The molecule has 2 N–H and O–H groups in total. The van der Waals surface area contributed by atoms with E-state index in [9.17, 15) is 23.5 Å². The number of hydrogen-bond donors (Lipinski definition) is 2. The van der Waals surface area contributed by atoms with Crippen molar-refractivity contribution in [2.45, 2.75) is 38.4 Å². The van der Waals surface area contributed by atoms with Crippen LogP contribution in [-0.4, -0.2) is 58.2 Å². The van der Waals surface area contributed by atoms with Crippen molar-refractivity contribution >= 4 is 11.8 Å². The molecule has 2 aromatic rings. The number of fused-ring (bicyclic) bond motifs is 2. The third-order valence-electron chi connectivity index (χ3n) is 6.42. The first-order valence-corrected chi connectivity index (χ1v) is 11.6. The summed E-state index contributed by atoms with van der Waals surface area (Å²) in [6.07, 6.45) is -0.638. The van der Waals surface area contributed by atoms with Gasteiger partial charge in [0.15, 0.2) is 12.0 Å². The van der Waals surface area contributed by atoms with Crippen LogP contribution in [0.1, 0.15) is 18.1 Å². The largest absolute Gasteiger partial charge is 0.488 e. The van der Waals surface area contributed by atoms with Crippen LogP contribution in [0.25, 0.3) is 0 Å². The molecule has 0 radical (unpaired) electrons. The van der Waals surface area contributed by atoms with Gasteiger partial charge in [-0.15, -0.1) is 0 Å². The fourth-order valence-corrected chi connectivity index (χ4v) is 4.55. The van der Waals surface area contributed by atoms with Crippen LogP contribution in [0.15, 0.2) is 71.8 Å². The Hall–Kier alpha value is -3.76. The minimum atomic E-state index is -1.53. The molecule has 36 heavy (non-hydrogen) atoms. The molecule has 188 valence electrons. The number of hydrogen-bond acceptors (Lipinski definition) is 6. The van der Waals surface area contributed by atoms with Crippen LogP contribution in [0.4, 0.5) is 8.78 Å². The number of ether oxygens (including phenoxy) is 2. The molecule has 0 saturated carbocycles. The van der Waals surface area contributed by atoms with Gasteiger partial charge in [0.2, 0.25) is 0 Å². The van der Waals surface area contributed by atoms with Crippen LogP contribution in [0.5, 0.6) is 0 Å². The van der Waals surface area contributed by atoms with Gasteiger partial charge in [0.1, 0.15) is 30.0 Å². The van der Waals surface area contributed by atoms with Gasteiger partial charge in [0.25, 0.3) is 11.8 Å². The van der Waals surface area contributed by atoms with Crippen molar-refractivity contribution in [2.75, 3.05) is 13.2 Å². The number of nitrogens with zero attached hydrogens (tertiary/aromatic N) is 2. The Morgan fingerprint density at radius 1 is 1.22 bits per heavy atom. The van der Waals surface area contributed by atoms with Gasteiger partial charge in [-0.1, -0.05) is 36.4 Å². The predicted octanol–water partition coefficient (Wildman–Crippen LogP) is 2.16. The van der Waals surface area contributed by atoms with E-state index in [1.165, 1.54) is 12.3 Å². The molecule has 0 aliphatic carbocycles. The van der Waals surface area contributed by atoms with Gasteiger partial charge in [0.05, 0.1) is 24.8 Å². The maximum Gasteiger partial charge on any atom is 0.276 e. The number of carbonyl (C=O) groups is 2. The Bertz CT molecular complexity index is 1250. The molecule has 8 nitrogen and oxygen atoms in total. The summed E-state index contributed by atoms with van der Waals surface area (Å²) in [6.45, 7) is 2.35. The topological polar surface area (TPSA) is 91.3 Å². The van der Waals surface area contributed by atoms with E-state index in [-0.39, 0.29) is 54.2 Å². The normalized spacial score (nSPS) is 23.3. The van der Waals surface area contributed by atoms with Gasteiger partial charge in [-0.25, -0.2) is 8.78 Å². The number of halogens is 2. The van der Waals surface area contributed by atoms with Crippen molar-refractivity contribution in [3.63, 3.8) is 0 Å². The summed E-state index contributed by atoms with van der Waals surface area (Å²) < 4.78 is 38.9. The van der Waals surface area contributed by atoms with E-state index in [1.54, 1.807) is 9.80 Å². The highest BCUT2D eigenvalue weighted by molar-refractivity contribution is 5.99. The Morgan fingerprint density at radius 2 is 2.00 bits per heavy atom. The average Bonchev–Trinajstić information content (AvgIpc) is 3.24. The van der Waals surface area contributed by atoms with Gasteiger partial charge in [-0.05, 0) is 18.6 Å². The first-order valence-electron chi connectivity index (χ1n) is 11.6. The average molecular weight is 497 g/mol. The molecule has 2 saturated heterocycles. The number of aliphatic hydroxyl groups is 1. The van der Waals surface area contributed by atoms with Crippen LogP contribution < -0.4 is 5.32 Å². The molecule has 0 spiro atoms. The summed E-state index contributed by atoms with van der Waals surface area (Å²) in [4.78, 5) is 29.6. The molecule has 0 aromatic heterocycles. The third kappa shape index (κ3) is 4.45. The third-order valence-corrected chi connectivity index (χ3v) is 6.42. The fraction of sp³-hybridized carbons (Fsp3) is 0.308. The Balaban J connectivity index is 1.42. The van der Waals surface area contributed by atoms with E-state index in [1.807, 2.05) is 37.3 Å². The lowest BCUT2D eigenvalue weighted by Gasteiger charge is -2.42. The predicted molar refractivity (Wildman–Crippen MR) is 123 cm³/mol. The molecule has 2 amide bonds. The lowest BCUT2D eigenvalue weighted by molar-refractivity contribution is -0.141. The molecule has 10 heteroatoms. The number of benzene rings is 2. The first kappa shape index (κ1) is 24.0. The molecule has 2 aromatic carbocycles. The van der Waals surface area contributed by atoms with Crippen molar-refractivity contribution in [3.05, 3.63) is 94.5 Å². The number of nitrogens with one attached hydrogen (secondary N) is 1. The number of piperazine rings is 1. The van der Waals surface area contributed by atoms with Gasteiger partial charge >= 0.3 is 0 Å². The second kappa shape index (κ2) is 9.71. The summed E-state index contributed by atoms with van der Waals surface area (Å²) in [6, 6.07) is 12.1. The molecular formula is C26H25F2N3O5. The second-order valence-electron chi connectivity index (χ2n) is 8.89. The minimum Gasteiger partial charge on any atom is -0.488 e. The van der Waals surface area contributed by atoms with Crippen molar-refractivity contribution in [1.29, 1.82) is 0 Å². The van der Waals surface area contributed by atoms with E-state index >= 15 is 0 Å². The molecule has 2 fully saturated rings. The molecule has 0 bridgehead atoms. The summed E-state index contributed by atoms with van der Waals surface area (Å²) >= 11 is 0. The van der Waals surface area contributed by atoms with Crippen molar-refractivity contribution in [2.24, 2.45) is 0 Å². The van der Waals surface area contributed by atoms with Gasteiger partial charge in [-0.2, -0.15) is 0 Å². The Morgan fingerprint density at radius 3 is 2.75 bits per heavy atom. The molecule has 3 heterocycles. The van der Waals surface area contributed by atoms with E-state index < -0.39 is 29.9 Å². The maximum atomic E-state index is 14.0. The smallest absolute Gasteiger partial charge is 0.276 e. The van der Waals surface area contributed by atoms with E-state index in [4.69, 9.17) is 9.47 Å². The van der Waals surface area contributed by atoms with Gasteiger partial charge < -0.3 is 29.7 Å². The molecule has 3 aliphatic heterocycles. The van der Waals surface area contributed by atoms with Crippen LogP contribution >= 0.6 is 0 Å². The van der Waals surface area contributed by atoms with Crippen molar-refractivity contribution < 1.29 is 33.0 Å². The van der Waals surface area contributed by atoms with E-state index in [0.29, 0.717) is 6.61 Å². The highest BCUT2D eigenvalue weighted by atomic mass is 19.1. The lowest BCUT2D eigenvalue weighted by Crippen LogP contribution is -2.55. The highest BCUT2D eigenvalue weighted by Gasteiger charge is 2.48. The molecule has 3 atom stereocenters. The number of carbonyl (C=O) groups excluding carboxylic acids is 2. The van der Waals surface area contributed by atoms with Gasteiger partial charge in [0, 0.05) is 24.4 Å². The summed E-state index contributed by atoms with van der Waals surface area (Å²) in [5.74, 6) is -2.60. The molecule has 5 rings (SSSR count). The number of amides is 2. The molecule has 1 unspecified atom stereocenters. The lowest BCUT2D eigenvalue weighted by atomic mass is 9.99. The van der Waals surface area contributed by atoms with Crippen LogP contribution in [0.3, 0.4) is 0 Å². The van der Waals surface area contributed by atoms with E-state index in [2.05, 4.69) is 5.32 Å². The van der Waals surface area contributed by atoms with Crippen LogP contribution in [-0.2, 0) is 32.2 Å². The summed E-state index contributed by atoms with van der Waals surface area (Å²) in [5.41, 5.74) is 0.977. The zero-order chi connectivity index (χ0) is 25.4. The standard InChI is InChI=1S/C26H25F2N3O5/c1-15-13-35-21-12-30-11-19(25(33)29-10-17-7-8-18(27)9-20(17)28)23(32)24(22(30)26(34)31(15)21)36-14-16-5-3-2-4-6-16/h2-9,11,15,21,23,32H,10,12-14H2,1H3,(H,29,33)/t15-,21+,23?/m0/s1. The zero-order valence-electron chi connectivity index (χ0n) is 19.5. The van der Waals surface area contributed by atoms with Crippen LogP contribution in [0.2, 0.25) is 0 Å². The van der Waals surface area contributed by atoms with Crippen molar-refractivity contribution in [3.8, 4) is 0 Å². The quantitative estimate of drug-likeness (QED) is 0.636. The number of rotatable bonds is 6. The summed E-state index contributed by atoms with van der Waals surface area (Å²) in [5, 5.41) is 13.7. The monoisotopic (exact) mass is 497 g/mol. The summed E-state index contributed by atoms with van der Waals surface area (Å²) in [7, 11) is 0. The van der Waals surface area contributed by atoms with Crippen LogP contribution in [0, 0.1) is 11.6 Å². The molecule has 3 aliphatic rings. The van der Waals surface area contributed by atoms with Gasteiger partial charge in [-0.3, -0.25) is 9.59 Å². The highest BCUT2D eigenvalue weighted by Crippen LogP contribution is 2.35. The zero-order valence-corrected chi connectivity index (χ0v) is 19.5. The minimum absolute atomic E-state index is 0.0398. The van der Waals surface area contributed by atoms with Crippen molar-refractivity contribution in [1.82, 2.24) is 15.1 Å². The molecular weight excluding hydrogens is 472 g/mol. The Labute approximate surface area is 206 Å². The van der Waals surface area contributed by atoms with E-state index in [0.717, 1.165) is 17.7 Å². The maximum absolute atomic E-state index is 14.0. The SMILES string of the molecule is C[C@H]1CO[C@@H]2CN3C=C(C(=O)NCc4ccc(F)cc4F)C(O)C(OCc4ccccc4)=C3C(=O)N12. The first-order chi connectivity index (χ1) is 17.3. The second-order valence-corrected chi connectivity index (χ2v) is 8.89. The Kier molecular flexibility index (Phi) is 6.46.